The van der Waals surface area contributed by atoms with Gasteiger partial charge in [-0.3, -0.25) is 4.79 Å². The second-order valence-electron chi connectivity index (χ2n) is 2.67. The van der Waals surface area contributed by atoms with Crippen molar-refractivity contribution in [2.45, 2.75) is 12.9 Å². The first-order valence-electron chi connectivity index (χ1n) is 3.97. The summed E-state index contributed by atoms with van der Waals surface area (Å²) in [5, 5.41) is 0. The van der Waals surface area contributed by atoms with Gasteiger partial charge in [0.25, 0.3) is 0 Å². The molecule has 4 nitrogen and oxygen atoms in total. The number of aldehydes is 1. The van der Waals surface area contributed by atoms with Crippen molar-refractivity contribution in [3.63, 3.8) is 0 Å². The Bertz CT molecular complexity index is 409. The molecular weight excluding hydrogens is 340 g/mol. The molecule has 1 rings (SSSR count). The zero-order valence-electron chi connectivity index (χ0n) is 7.71. The molecule has 88 valence electrons. The molecule has 0 fully saturated rings. The zero-order valence-corrected chi connectivity index (χ0v) is 9.87. The molecule has 16 heavy (non-hydrogen) atoms. The lowest BCUT2D eigenvalue weighted by molar-refractivity contribution is -0.275. The van der Waals surface area contributed by atoms with E-state index in [9.17, 15) is 18.0 Å². The number of aromatic nitrogens is 1. The Morgan fingerprint density at radius 3 is 2.62 bits per heavy atom. The van der Waals surface area contributed by atoms with E-state index in [1.54, 1.807) is 22.6 Å². The van der Waals surface area contributed by atoms with E-state index in [-0.39, 0.29) is 21.5 Å². The summed E-state index contributed by atoms with van der Waals surface area (Å²) >= 11 is 1.62. The van der Waals surface area contributed by atoms with Gasteiger partial charge in [-0.2, -0.15) is 0 Å². The number of rotatable bonds is 3. The molecule has 1 aromatic heterocycles. The maximum absolute atomic E-state index is 12.1. The van der Waals surface area contributed by atoms with Crippen molar-refractivity contribution in [2.75, 3.05) is 0 Å². The van der Waals surface area contributed by atoms with E-state index >= 15 is 0 Å². The number of hydrogen-bond acceptors (Lipinski definition) is 4. The molecule has 0 radical (unpaired) electrons. The second kappa shape index (κ2) is 4.95. The van der Waals surface area contributed by atoms with Gasteiger partial charge in [-0.25, -0.2) is 4.98 Å². The van der Waals surface area contributed by atoms with Crippen LogP contribution >= 0.6 is 22.6 Å². The van der Waals surface area contributed by atoms with E-state index in [0.717, 1.165) is 0 Å². The second-order valence-corrected chi connectivity index (χ2v) is 3.84. The number of nitrogens with zero attached hydrogens (tertiary/aromatic N) is 1. The molecule has 1 aromatic rings. The predicted molar refractivity (Wildman–Crippen MR) is 56.9 cm³/mol. The molecule has 0 amide bonds. The van der Waals surface area contributed by atoms with Crippen molar-refractivity contribution in [3.05, 3.63) is 21.0 Å². The highest BCUT2D eigenvalue weighted by Crippen LogP contribution is 2.30. The lowest BCUT2D eigenvalue weighted by Crippen LogP contribution is -2.20. The summed E-state index contributed by atoms with van der Waals surface area (Å²) in [6.45, 7) is -0.247. The van der Waals surface area contributed by atoms with Crippen LogP contribution in [0.5, 0.6) is 5.75 Å². The van der Waals surface area contributed by atoms with Crippen LogP contribution in [0, 0.1) is 3.57 Å². The molecule has 0 aliphatic heterocycles. The van der Waals surface area contributed by atoms with Gasteiger partial charge in [0.15, 0.2) is 12.0 Å². The number of carbonyl (C=O) groups excluding carboxylic acids is 1. The molecule has 8 heteroatoms. The fourth-order valence-corrected chi connectivity index (χ4v) is 1.73. The van der Waals surface area contributed by atoms with Gasteiger partial charge in [0.05, 0.1) is 9.26 Å². The average Bonchev–Trinajstić information content (AvgIpc) is 2.19. The maximum Gasteiger partial charge on any atom is 0.573 e. The molecule has 0 saturated heterocycles. The van der Waals surface area contributed by atoms with Gasteiger partial charge < -0.3 is 10.5 Å². The number of pyridine rings is 1. The van der Waals surface area contributed by atoms with E-state index in [1.165, 1.54) is 6.07 Å². The number of nitrogens with two attached hydrogens (primary N) is 1. The van der Waals surface area contributed by atoms with Gasteiger partial charge >= 0.3 is 6.36 Å². The molecule has 2 N–H and O–H groups in total. The Balaban J connectivity index is 3.21. The quantitative estimate of drug-likeness (QED) is 0.670. The Kier molecular flexibility index (Phi) is 4.08. The summed E-state index contributed by atoms with van der Waals surface area (Å²) in [5.74, 6) is -0.457. The first kappa shape index (κ1) is 13.2. The first-order valence-corrected chi connectivity index (χ1v) is 5.05. The molecule has 0 atom stereocenters. The first-order chi connectivity index (χ1) is 7.37. The fraction of sp³-hybridized carbons (Fsp3) is 0.250. The number of ether oxygens (including phenoxy) is 1. The van der Waals surface area contributed by atoms with E-state index in [4.69, 9.17) is 5.73 Å². The molecule has 0 aliphatic carbocycles. The predicted octanol–water partition coefficient (Wildman–Crippen LogP) is 1.86. The molecular formula is C8H6F3IN2O2. The van der Waals surface area contributed by atoms with E-state index in [1.807, 2.05) is 0 Å². The highest BCUT2D eigenvalue weighted by molar-refractivity contribution is 14.1. The monoisotopic (exact) mass is 346 g/mol. The van der Waals surface area contributed by atoms with Crippen molar-refractivity contribution >= 4 is 28.9 Å². The topological polar surface area (TPSA) is 65.2 Å². The zero-order chi connectivity index (χ0) is 12.3. The SMILES string of the molecule is NCc1nc(C=O)cc(I)c1OC(F)(F)F. The van der Waals surface area contributed by atoms with Gasteiger partial charge in [0.2, 0.25) is 0 Å². The van der Waals surface area contributed by atoms with Crippen molar-refractivity contribution in [1.82, 2.24) is 4.98 Å². The third-order valence-electron chi connectivity index (χ3n) is 1.55. The minimum Gasteiger partial charge on any atom is -0.403 e. The van der Waals surface area contributed by atoms with Crippen LogP contribution in [0.2, 0.25) is 0 Å². The molecule has 0 aliphatic rings. The van der Waals surface area contributed by atoms with Gasteiger partial charge in [-0.05, 0) is 28.7 Å². The van der Waals surface area contributed by atoms with E-state index in [2.05, 4.69) is 9.72 Å². The summed E-state index contributed by atoms with van der Waals surface area (Å²) in [4.78, 5) is 14.1. The summed E-state index contributed by atoms with van der Waals surface area (Å²) in [7, 11) is 0. The van der Waals surface area contributed by atoms with Crippen molar-refractivity contribution < 1.29 is 22.7 Å². The minimum absolute atomic E-state index is 0.0133. The van der Waals surface area contributed by atoms with Crippen LogP contribution in [0.3, 0.4) is 0 Å². The summed E-state index contributed by atoms with van der Waals surface area (Å²) in [6, 6.07) is 1.19. The Hall–Kier alpha value is -0.900. The number of halogens is 4. The normalized spacial score (nSPS) is 11.3. The van der Waals surface area contributed by atoms with E-state index < -0.39 is 12.1 Å². The van der Waals surface area contributed by atoms with Crippen LogP contribution < -0.4 is 10.5 Å². The van der Waals surface area contributed by atoms with Crippen LogP contribution in [-0.4, -0.2) is 17.6 Å². The molecule has 0 spiro atoms. The Morgan fingerprint density at radius 1 is 1.56 bits per heavy atom. The molecule has 0 aromatic carbocycles. The van der Waals surface area contributed by atoms with E-state index in [0.29, 0.717) is 6.29 Å². The third-order valence-corrected chi connectivity index (χ3v) is 2.35. The minimum atomic E-state index is -4.81. The van der Waals surface area contributed by atoms with Gasteiger partial charge in [0, 0.05) is 6.54 Å². The lowest BCUT2D eigenvalue weighted by atomic mass is 10.3. The highest BCUT2D eigenvalue weighted by Gasteiger charge is 2.33. The lowest BCUT2D eigenvalue weighted by Gasteiger charge is -2.13. The molecule has 0 unspecified atom stereocenters. The molecule has 0 saturated carbocycles. The number of carbonyl (C=O) groups is 1. The third kappa shape index (κ3) is 3.30. The van der Waals surface area contributed by atoms with Crippen LogP contribution in [0.15, 0.2) is 6.07 Å². The van der Waals surface area contributed by atoms with Gasteiger partial charge in [0.1, 0.15) is 5.69 Å². The van der Waals surface area contributed by atoms with Crippen molar-refractivity contribution in [3.8, 4) is 5.75 Å². The van der Waals surface area contributed by atoms with Gasteiger partial charge in [-0.1, -0.05) is 0 Å². The van der Waals surface area contributed by atoms with Gasteiger partial charge in [-0.15, -0.1) is 13.2 Å². The average molecular weight is 346 g/mol. The number of alkyl halides is 3. The van der Waals surface area contributed by atoms with Crippen molar-refractivity contribution in [1.29, 1.82) is 0 Å². The highest BCUT2D eigenvalue weighted by atomic mass is 127. The summed E-state index contributed by atoms with van der Waals surface area (Å²) in [6.07, 6.45) is -4.38. The fourth-order valence-electron chi connectivity index (χ4n) is 0.994. The van der Waals surface area contributed by atoms with Crippen LogP contribution in [0.25, 0.3) is 0 Å². The van der Waals surface area contributed by atoms with Crippen LogP contribution in [0.1, 0.15) is 16.2 Å². The molecule has 1 heterocycles. The Morgan fingerprint density at radius 2 is 2.19 bits per heavy atom. The van der Waals surface area contributed by atoms with Crippen LogP contribution in [-0.2, 0) is 6.54 Å². The standard InChI is InChI=1S/C8H6F3IN2O2/c9-8(10,11)16-7-5(12)1-4(3-15)14-6(7)2-13/h1,3H,2,13H2. The summed E-state index contributed by atoms with van der Waals surface area (Å²) < 4.78 is 40.1. The smallest absolute Gasteiger partial charge is 0.403 e. The molecule has 0 bridgehead atoms. The summed E-state index contributed by atoms with van der Waals surface area (Å²) in [5.41, 5.74) is 5.14. The van der Waals surface area contributed by atoms with Crippen molar-refractivity contribution in [2.24, 2.45) is 5.73 Å². The maximum atomic E-state index is 12.1. The van der Waals surface area contributed by atoms with Crippen LogP contribution in [0.4, 0.5) is 13.2 Å². The Labute approximate surface area is 102 Å². The number of hydrogen-bond donors (Lipinski definition) is 1. The largest absolute Gasteiger partial charge is 0.573 e.